The minimum absolute atomic E-state index is 0.150. The third-order valence-electron chi connectivity index (χ3n) is 2.97. The first-order chi connectivity index (χ1) is 7.74. The molecule has 1 aliphatic rings. The van der Waals surface area contributed by atoms with Crippen LogP contribution in [0.2, 0.25) is 0 Å². The normalized spacial score (nSPS) is 19.1. The van der Waals surface area contributed by atoms with Crippen molar-refractivity contribution in [2.45, 2.75) is 38.6 Å². The van der Waals surface area contributed by atoms with Gasteiger partial charge in [-0.3, -0.25) is 0 Å². The lowest BCUT2D eigenvalue weighted by Crippen LogP contribution is -2.22. The van der Waals surface area contributed by atoms with Crippen LogP contribution in [0.1, 0.15) is 31.4 Å². The highest BCUT2D eigenvalue weighted by molar-refractivity contribution is 4.99. The Morgan fingerprint density at radius 3 is 2.94 bits per heavy atom. The van der Waals surface area contributed by atoms with E-state index in [0.717, 1.165) is 31.0 Å². The predicted molar refractivity (Wildman–Crippen MR) is 63.2 cm³/mol. The second kappa shape index (κ2) is 5.46. The first-order valence-corrected chi connectivity index (χ1v) is 6.15. The second-order valence-electron chi connectivity index (χ2n) is 4.71. The SMILES string of the molecule is CC(N)Cc1coc(CCN2CCCC2)n1. The zero-order valence-corrected chi connectivity index (χ0v) is 9.98. The van der Waals surface area contributed by atoms with E-state index in [0.29, 0.717) is 0 Å². The standard InChI is InChI=1S/C12H21N3O/c1-10(13)8-11-9-16-12(14-11)4-7-15-5-2-3-6-15/h9-10H,2-8,13H2,1H3. The molecule has 1 aromatic heterocycles. The molecule has 1 aliphatic heterocycles. The van der Waals surface area contributed by atoms with Gasteiger partial charge in [-0.25, -0.2) is 4.98 Å². The van der Waals surface area contributed by atoms with E-state index in [1.54, 1.807) is 6.26 Å². The molecule has 90 valence electrons. The maximum Gasteiger partial charge on any atom is 0.195 e. The number of aromatic nitrogens is 1. The third kappa shape index (κ3) is 3.32. The number of rotatable bonds is 5. The van der Waals surface area contributed by atoms with Gasteiger partial charge in [0.15, 0.2) is 5.89 Å². The minimum atomic E-state index is 0.150. The quantitative estimate of drug-likeness (QED) is 0.815. The molecule has 0 saturated carbocycles. The van der Waals surface area contributed by atoms with Gasteiger partial charge in [-0.15, -0.1) is 0 Å². The predicted octanol–water partition coefficient (Wildman–Crippen LogP) is 1.20. The monoisotopic (exact) mass is 223 g/mol. The Balaban J connectivity index is 1.78. The van der Waals surface area contributed by atoms with Crippen LogP contribution in [0.4, 0.5) is 0 Å². The van der Waals surface area contributed by atoms with Crippen LogP contribution in [0.5, 0.6) is 0 Å². The lowest BCUT2D eigenvalue weighted by atomic mass is 10.2. The molecule has 0 radical (unpaired) electrons. The maximum atomic E-state index is 5.72. The summed E-state index contributed by atoms with van der Waals surface area (Å²) in [5.41, 5.74) is 6.70. The van der Waals surface area contributed by atoms with Gasteiger partial charge in [0.25, 0.3) is 0 Å². The Kier molecular flexibility index (Phi) is 3.96. The van der Waals surface area contributed by atoms with Gasteiger partial charge in [0.05, 0.1) is 5.69 Å². The molecule has 1 unspecified atom stereocenters. The lowest BCUT2D eigenvalue weighted by molar-refractivity contribution is 0.328. The smallest absolute Gasteiger partial charge is 0.195 e. The van der Waals surface area contributed by atoms with E-state index in [1.165, 1.54) is 25.9 Å². The molecule has 0 spiro atoms. The summed E-state index contributed by atoms with van der Waals surface area (Å²) in [6, 6.07) is 0.150. The Morgan fingerprint density at radius 2 is 2.25 bits per heavy atom. The Labute approximate surface area is 96.8 Å². The molecule has 1 saturated heterocycles. The number of likely N-dealkylation sites (tertiary alicyclic amines) is 1. The van der Waals surface area contributed by atoms with Crippen LogP contribution in [-0.2, 0) is 12.8 Å². The average molecular weight is 223 g/mol. The summed E-state index contributed by atoms with van der Waals surface area (Å²) in [7, 11) is 0. The van der Waals surface area contributed by atoms with Crippen molar-refractivity contribution in [2.75, 3.05) is 19.6 Å². The van der Waals surface area contributed by atoms with Crippen molar-refractivity contribution in [3.8, 4) is 0 Å². The van der Waals surface area contributed by atoms with Crippen molar-refractivity contribution in [3.05, 3.63) is 17.8 Å². The molecule has 0 bridgehead atoms. The molecule has 0 aromatic carbocycles. The molecule has 4 nitrogen and oxygen atoms in total. The van der Waals surface area contributed by atoms with Crippen molar-refractivity contribution in [3.63, 3.8) is 0 Å². The summed E-state index contributed by atoms with van der Waals surface area (Å²) in [5, 5.41) is 0. The van der Waals surface area contributed by atoms with Crippen molar-refractivity contribution in [1.82, 2.24) is 9.88 Å². The topological polar surface area (TPSA) is 55.3 Å². The van der Waals surface area contributed by atoms with E-state index in [2.05, 4.69) is 9.88 Å². The van der Waals surface area contributed by atoms with E-state index in [9.17, 15) is 0 Å². The van der Waals surface area contributed by atoms with Gasteiger partial charge in [-0.1, -0.05) is 0 Å². The number of nitrogens with two attached hydrogens (primary N) is 1. The van der Waals surface area contributed by atoms with Crippen LogP contribution in [0.3, 0.4) is 0 Å². The highest BCUT2D eigenvalue weighted by Gasteiger charge is 2.12. The van der Waals surface area contributed by atoms with Crippen molar-refractivity contribution in [2.24, 2.45) is 5.73 Å². The van der Waals surface area contributed by atoms with Crippen LogP contribution in [0.25, 0.3) is 0 Å². The van der Waals surface area contributed by atoms with E-state index >= 15 is 0 Å². The molecule has 2 N–H and O–H groups in total. The molecule has 2 heterocycles. The van der Waals surface area contributed by atoms with Crippen molar-refractivity contribution >= 4 is 0 Å². The Hall–Kier alpha value is -0.870. The molecule has 16 heavy (non-hydrogen) atoms. The van der Waals surface area contributed by atoms with E-state index in [4.69, 9.17) is 10.2 Å². The highest BCUT2D eigenvalue weighted by atomic mass is 16.3. The highest BCUT2D eigenvalue weighted by Crippen LogP contribution is 2.10. The van der Waals surface area contributed by atoms with Gasteiger partial charge in [0.2, 0.25) is 0 Å². The van der Waals surface area contributed by atoms with Gasteiger partial charge in [-0.2, -0.15) is 0 Å². The summed E-state index contributed by atoms with van der Waals surface area (Å²) < 4.78 is 5.43. The van der Waals surface area contributed by atoms with Gasteiger partial charge in [-0.05, 0) is 32.9 Å². The summed E-state index contributed by atoms with van der Waals surface area (Å²) >= 11 is 0. The first kappa shape index (κ1) is 11.6. The molecule has 0 amide bonds. The zero-order chi connectivity index (χ0) is 11.4. The summed E-state index contributed by atoms with van der Waals surface area (Å²) in [4.78, 5) is 6.91. The number of hydrogen-bond donors (Lipinski definition) is 1. The first-order valence-electron chi connectivity index (χ1n) is 6.15. The molecular formula is C12H21N3O. The van der Waals surface area contributed by atoms with Crippen molar-refractivity contribution in [1.29, 1.82) is 0 Å². The van der Waals surface area contributed by atoms with Crippen LogP contribution in [0, 0.1) is 0 Å². The largest absolute Gasteiger partial charge is 0.449 e. The Bertz CT molecular complexity index is 316. The fourth-order valence-electron chi connectivity index (χ4n) is 2.15. The Morgan fingerprint density at radius 1 is 1.50 bits per heavy atom. The molecule has 1 atom stereocenters. The fraction of sp³-hybridized carbons (Fsp3) is 0.750. The third-order valence-corrected chi connectivity index (χ3v) is 2.97. The summed E-state index contributed by atoms with van der Waals surface area (Å²) in [6.07, 6.45) is 6.12. The van der Waals surface area contributed by atoms with Gasteiger partial charge in [0.1, 0.15) is 6.26 Å². The van der Waals surface area contributed by atoms with E-state index in [-0.39, 0.29) is 6.04 Å². The average Bonchev–Trinajstić information content (AvgIpc) is 2.84. The van der Waals surface area contributed by atoms with Gasteiger partial charge in [0, 0.05) is 25.4 Å². The van der Waals surface area contributed by atoms with Gasteiger partial charge < -0.3 is 15.1 Å². The van der Waals surface area contributed by atoms with Crippen molar-refractivity contribution < 1.29 is 4.42 Å². The lowest BCUT2D eigenvalue weighted by Gasteiger charge is -2.12. The van der Waals surface area contributed by atoms with Crippen LogP contribution >= 0.6 is 0 Å². The summed E-state index contributed by atoms with van der Waals surface area (Å²) in [5.74, 6) is 0.850. The van der Waals surface area contributed by atoms with Crippen LogP contribution in [-0.4, -0.2) is 35.6 Å². The van der Waals surface area contributed by atoms with E-state index < -0.39 is 0 Å². The van der Waals surface area contributed by atoms with Crippen LogP contribution in [0.15, 0.2) is 10.7 Å². The number of hydrogen-bond acceptors (Lipinski definition) is 4. The molecule has 1 fully saturated rings. The molecule has 4 heteroatoms. The molecule has 2 rings (SSSR count). The minimum Gasteiger partial charge on any atom is -0.449 e. The number of oxazole rings is 1. The molecular weight excluding hydrogens is 202 g/mol. The number of nitrogens with zero attached hydrogens (tertiary/aromatic N) is 2. The molecule has 1 aromatic rings. The van der Waals surface area contributed by atoms with Gasteiger partial charge >= 0.3 is 0 Å². The van der Waals surface area contributed by atoms with E-state index in [1.807, 2.05) is 6.92 Å². The second-order valence-corrected chi connectivity index (χ2v) is 4.71. The molecule has 0 aliphatic carbocycles. The fourth-order valence-corrected chi connectivity index (χ4v) is 2.15. The zero-order valence-electron chi connectivity index (χ0n) is 9.98. The summed E-state index contributed by atoms with van der Waals surface area (Å²) in [6.45, 7) is 5.51. The maximum absolute atomic E-state index is 5.72. The van der Waals surface area contributed by atoms with Crippen LogP contribution < -0.4 is 5.73 Å².